The van der Waals surface area contributed by atoms with Crippen molar-refractivity contribution in [1.29, 1.82) is 0 Å². The Balaban J connectivity index is 1.63. The van der Waals surface area contributed by atoms with Gasteiger partial charge in [-0.05, 0) is 36.8 Å². The number of hydrogen-bond acceptors (Lipinski definition) is 6. The van der Waals surface area contributed by atoms with Crippen molar-refractivity contribution in [3.05, 3.63) is 69.0 Å². The normalized spacial score (nSPS) is 20.3. The summed E-state index contributed by atoms with van der Waals surface area (Å²) in [4.78, 5) is 38.6. The van der Waals surface area contributed by atoms with Crippen molar-refractivity contribution in [3.8, 4) is 5.75 Å². The molecule has 0 aromatic heterocycles. The molecule has 1 aliphatic heterocycles. The Morgan fingerprint density at radius 2 is 1.86 bits per heavy atom. The fraction of sp³-hybridized carbons (Fsp3) is 0.227. The molecule has 0 saturated carbocycles. The molecule has 2 aromatic rings. The van der Waals surface area contributed by atoms with Crippen molar-refractivity contribution in [2.45, 2.75) is 18.3 Å². The first-order valence-corrected chi connectivity index (χ1v) is 12.3. The van der Waals surface area contributed by atoms with Crippen LogP contribution in [0.15, 0.2) is 47.5 Å². The Labute approximate surface area is 208 Å². The molecule has 0 radical (unpaired) electrons. The highest BCUT2D eigenvalue weighted by molar-refractivity contribution is 7.86. The molecule has 0 saturated heterocycles. The van der Waals surface area contributed by atoms with Crippen LogP contribution in [-0.2, 0) is 31.1 Å². The number of carboxylic acid groups (broad SMARTS) is 1. The zero-order valence-corrected chi connectivity index (χ0v) is 19.9. The number of ether oxygens (including phenoxy) is 1. The average molecular weight is 544 g/mol. The molecule has 0 fully saturated rings. The molecule has 4 rings (SSSR count). The zero-order valence-electron chi connectivity index (χ0n) is 17.6. The van der Waals surface area contributed by atoms with Crippen LogP contribution in [0.2, 0.25) is 10.0 Å². The summed E-state index contributed by atoms with van der Waals surface area (Å²) >= 11 is 12.2. The Morgan fingerprint density at radius 1 is 1.14 bits per heavy atom. The van der Waals surface area contributed by atoms with E-state index in [1.165, 1.54) is 36.4 Å². The largest absolute Gasteiger partial charge is 0.487 e. The maximum absolute atomic E-state index is 14.0. The second-order valence-electron chi connectivity index (χ2n) is 7.88. The number of aliphatic carboxylic acids is 1. The van der Waals surface area contributed by atoms with Crippen LogP contribution in [0.4, 0.5) is 10.1 Å². The summed E-state index contributed by atoms with van der Waals surface area (Å²) < 4.78 is 52.5. The number of anilines is 1. The van der Waals surface area contributed by atoms with Crippen LogP contribution in [0.1, 0.15) is 12.0 Å². The third kappa shape index (κ3) is 4.64. The van der Waals surface area contributed by atoms with Crippen LogP contribution in [0.3, 0.4) is 0 Å². The maximum Gasteiger partial charge on any atom is 0.311 e. The summed E-state index contributed by atoms with van der Waals surface area (Å²) in [6.45, 7) is -0.823. The van der Waals surface area contributed by atoms with Crippen LogP contribution in [0.25, 0.3) is 0 Å². The number of rotatable bonds is 6. The fourth-order valence-corrected chi connectivity index (χ4v) is 5.59. The Morgan fingerprint density at radius 3 is 2.46 bits per heavy atom. The molecule has 0 spiro atoms. The number of benzene rings is 2. The molecule has 1 aliphatic carbocycles. The zero-order chi connectivity index (χ0) is 25.7. The predicted octanol–water partition coefficient (Wildman–Crippen LogP) is 3.28. The first-order valence-electron chi connectivity index (χ1n) is 10.0. The lowest BCUT2D eigenvalue weighted by Crippen LogP contribution is -2.44. The van der Waals surface area contributed by atoms with Crippen molar-refractivity contribution in [2.24, 2.45) is 5.92 Å². The van der Waals surface area contributed by atoms with Crippen LogP contribution in [0.5, 0.6) is 5.75 Å². The lowest BCUT2D eigenvalue weighted by Gasteiger charge is -2.29. The van der Waals surface area contributed by atoms with Crippen molar-refractivity contribution in [1.82, 2.24) is 0 Å². The predicted molar refractivity (Wildman–Crippen MR) is 123 cm³/mol. The lowest BCUT2D eigenvalue weighted by molar-refractivity contribution is -0.141. The van der Waals surface area contributed by atoms with Gasteiger partial charge in [0.25, 0.3) is 16.0 Å². The van der Waals surface area contributed by atoms with Gasteiger partial charge >= 0.3 is 5.97 Å². The molecule has 13 heteroatoms. The van der Waals surface area contributed by atoms with Gasteiger partial charge in [0.2, 0.25) is 0 Å². The quantitative estimate of drug-likeness (QED) is 0.529. The van der Waals surface area contributed by atoms with E-state index in [1.807, 2.05) is 0 Å². The highest BCUT2D eigenvalue weighted by atomic mass is 35.5. The van der Waals surface area contributed by atoms with E-state index in [-0.39, 0.29) is 33.7 Å². The standard InChI is InChI=1S/C22H16Cl2FNO8S/c23-13-2-1-3-15(25)12(13)9-34-17-5-4-10(6-14(17)24)26-8-16(27)20-18(35(31,32)33)7-11(22(29)30)19(20)21(26)28/h1-6,11,18H,7-9H2,(H,29,30)(H,31,32,33). The van der Waals surface area contributed by atoms with E-state index in [1.54, 1.807) is 0 Å². The average Bonchev–Trinajstić information content (AvgIpc) is 3.19. The van der Waals surface area contributed by atoms with Crippen LogP contribution in [-0.4, -0.2) is 47.5 Å². The molecule has 0 bridgehead atoms. The second-order valence-corrected chi connectivity index (χ2v) is 10.3. The summed E-state index contributed by atoms with van der Waals surface area (Å²) in [6.07, 6.45) is -0.629. The number of carbonyl (C=O) groups excluding carboxylic acids is 2. The van der Waals surface area contributed by atoms with Gasteiger partial charge in [0.15, 0.2) is 5.78 Å². The van der Waals surface area contributed by atoms with E-state index < -0.39 is 68.9 Å². The number of ketones is 1. The summed E-state index contributed by atoms with van der Waals surface area (Å²) in [5.41, 5.74) is -0.758. The fourth-order valence-electron chi connectivity index (χ4n) is 4.15. The number of carbonyl (C=O) groups is 3. The molecule has 2 N–H and O–H groups in total. The van der Waals surface area contributed by atoms with Crippen LogP contribution in [0, 0.1) is 11.7 Å². The summed E-state index contributed by atoms with van der Waals surface area (Å²) in [5.74, 6) is -5.22. The minimum absolute atomic E-state index is 0.00649. The summed E-state index contributed by atoms with van der Waals surface area (Å²) in [6, 6.07) is 8.21. The third-order valence-electron chi connectivity index (χ3n) is 5.81. The van der Waals surface area contributed by atoms with Gasteiger partial charge in [0, 0.05) is 22.4 Å². The van der Waals surface area contributed by atoms with E-state index in [4.69, 9.17) is 27.9 Å². The number of Topliss-reactive ketones (excluding diaryl/α,β-unsaturated/α-hetero) is 1. The van der Waals surface area contributed by atoms with Crippen molar-refractivity contribution in [3.63, 3.8) is 0 Å². The van der Waals surface area contributed by atoms with Gasteiger partial charge < -0.3 is 14.7 Å². The molecular weight excluding hydrogens is 528 g/mol. The van der Waals surface area contributed by atoms with E-state index in [0.29, 0.717) is 0 Å². The smallest absolute Gasteiger partial charge is 0.311 e. The molecule has 9 nitrogen and oxygen atoms in total. The summed E-state index contributed by atoms with van der Waals surface area (Å²) in [7, 11) is -4.81. The molecule has 184 valence electrons. The molecule has 1 heterocycles. The first kappa shape index (κ1) is 25.1. The van der Waals surface area contributed by atoms with Gasteiger partial charge in [0.05, 0.1) is 22.5 Å². The third-order valence-corrected chi connectivity index (χ3v) is 7.60. The van der Waals surface area contributed by atoms with Crippen LogP contribution < -0.4 is 9.64 Å². The second kappa shape index (κ2) is 9.23. The molecule has 2 unspecified atom stereocenters. The minimum Gasteiger partial charge on any atom is -0.487 e. The number of hydrogen-bond donors (Lipinski definition) is 2. The van der Waals surface area contributed by atoms with Crippen LogP contribution >= 0.6 is 23.2 Å². The van der Waals surface area contributed by atoms with E-state index in [2.05, 4.69) is 0 Å². The number of carboxylic acids is 1. The van der Waals surface area contributed by atoms with Gasteiger partial charge in [-0.15, -0.1) is 0 Å². The van der Waals surface area contributed by atoms with Gasteiger partial charge in [0.1, 0.15) is 23.4 Å². The highest BCUT2D eigenvalue weighted by Crippen LogP contribution is 2.42. The van der Waals surface area contributed by atoms with Gasteiger partial charge in [-0.3, -0.25) is 18.9 Å². The van der Waals surface area contributed by atoms with E-state index in [0.717, 1.165) is 4.90 Å². The topological polar surface area (TPSA) is 138 Å². The van der Waals surface area contributed by atoms with Crippen molar-refractivity contribution >= 4 is 56.7 Å². The Bertz CT molecular complexity index is 1390. The molecule has 2 aromatic carbocycles. The molecule has 35 heavy (non-hydrogen) atoms. The molecule has 2 aliphatic rings. The minimum atomic E-state index is -4.81. The van der Waals surface area contributed by atoms with Gasteiger partial charge in [-0.2, -0.15) is 8.42 Å². The van der Waals surface area contributed by atoms with Crippen molar-refractivity contribution in [2.75, 3.05) is 11.4 Å². The SMILES string of the molecule is O=C1CN(c2ccc(OCc3c(F)cccc3Cl)c(Cl)c2)C(=O)C2=C1C(S(=O)(=O)O)CC2C(=O)O. The Hall–Kier alpha value is -2.99. The summed E-state index contributed by atoms with van der Waals surface area (Å²) in [5, 5.41) is 7.88. The van der Waals surface area contributed by atoms with E-state index in [9.17, 15) is 36.9 Å². The van der Waals surface area contributed by atoms with Gasteiger partial charge in [-0.1, -0.05) is 29.3 Å². The lowest BCUT2D eigenvalue weighted by atomic mass is 9.94. The molecule has 1 amide bonds. The molecule has 2 atom stereocenters. The monoisotopic (exact) mass is 543 g/mol. The Kier molecular flexibility index (Phi) is 6.62. The highest BCUT2D eigenvalue weighted by Gasteiger charge is 2.52. The maximum atomic E-state index is 14.0. The first-order chi connectivity index (χ1) is 16.4. The van der Waals surface area contributed by atoms with E-state index >= 15 is 0 Å². The van der Waals surface area contributed by atoms with Gasteiger partial charge in [-0.25, -0.2) is 4.39 Å². The number of amides is 1. The molecular formula is C22H16Cl2FNO8S. The number of halogens is 3. The number of nitrogens with zero attached hydrogens (tertiary/aromatic N) is 1. The van der Waals surface area contributed by atoms with Crippen molar-refractivity contribution < 1.29 is 41.6 Å².